The van der Waals surface area contributed by atoms with E-state index in [1.165, 1.54) is 11.1 Å². The van der Waals surface area contributed by atoms with E-state index in [-0.39, 0.29) is 0 Å². The van der Waals surface area contributed by atoms with Crippen LogP contribution in [0.5, 0.6) is 0 Å². The van der Waals surface area contributed by atoms with Gasteiger partial charge < -0.3 is 5.32 Å². The average Bonchev–Trinajstić information content (AvgIpc) is 2.80. The van der Waals surface area contributed by atoms with Gasteiger partial charge in [0, 0.05) is 11.4 Å². The first-order chi connectivity index (χ1) is 8.70. The minimum absolute atomic E-state index is 0.863. The summed E-state index contributed by atoms with van der Waals surface area (Å²) in [5.74, 6) is 1.10. The van der Waals surface area contributed by atoms with Gasteiger partial charge in [0.05, 0.1) is 0 Å². The van der Waals surface area contributed by atoms with Crippen LogP contribution in [0.1, 0.15) is 24.5 Å². The lowest BCUT2D eigenvalue weighted by Gasteiger charge is -2.08. The third kappa shape index (κ3) is 3.23. The Bertz CT molecular complexity index is 523. The van der Waals surface area contributed by atoms with Gasteiger partial charge in [0.15, 0.2) is 4.34 Å². The average molecular weight is 279 g/mol. The molecule has 1 heterocycles. The summed E-state index contributed by atoms with van der Waals surface area (Å²) in [5, 5.41) is 12.5. The lowest BCUT2D eigenvalue weighted by atomic mass is 10.1. The number of nitrogens with zero attached hydrogens (tertiary/aromatic N) is 2. The van der Waals surface area contributed by atoms with E-state index in [1.807, 2.05) is 0 Å². The quantitative estimate of drug-likeness (QED) is 0.823. The van der Waals surface area contributed by atoms with Crippen molar-refractivity contribution >= 4 is 33.9 Å². The van der Waals surface area contributed by atoms with Crippen LogP contribution in [0.3, 0.4) is 0 Å². The van der Waals surface area contributed by atoms with E-state index in [0.29, 0.717) is 0 Å². The highest BCUT2D eigenvalue weighted by Crippen LogP contribution is 2.29. The van der Waals surface area contributed by atoms with Crippen LogP contribution in [-0.4, -0.2) is 16.0 Å². The molecule has 0 aliphatic heterocycles. The minimum Gasteiger partial charge on any atom is -0.330 e. The lowest BCUT2D eigenvalue weighted by molar-refractivity contribution is 1.01. The molecule has 0 aliphatic rings. The fourth-order valence-corrected chi connectivity index (χ4v) is 3.20. The molecule has 0 atom stereocenters. The highest BCUT2D eigenvalue weighted by molar-refractivity contribution is 8.01. The van der Waals surface area contributed by atoms with Crippen molar-refractivity contribution in [3.8, 4) is 0 Å². The van der Waals surface area contributed by atoms with Crippen molar-refractivity contribution in [1.29, 1.82) is 0 Å². The van der Waals surface area contributed by atoms with Gasteiger partial charge in [0.25, 0.3) is 0 Å². The van der Waals surface area contributed by atoms with E-state index < -0.39 is 0 Å². The molecule has 0 radical (unpaired) electrons. The van der Waals surface area contributed by atoms with Gasteiger partial charge in [-0.25, -0.2) is 0 Å². The Balaban J connectivity index is 2.09. The number of anilines is 2. The van der Waals surface area contributed by atoms with Crippen LogP contribution in [-0.2, 0) is 0 Å². The predicted octanol–water partition coefficient (Wildman–Crippen LogP) is 4.40. The number of rotatable bonds is 5. The summed E-state index contributed by atoms with van der Waals surface area (Å²) in [5.41, 5.74) is 3.65. The standard InChI is InChI=1S/C13H17N3S2/c1-4-8-17-13-16-15-12(18-13)14-11-7-5-6-9(2)10(11)3/h5-7H,4,8H2,1-3H3,(H,14,15). The van der Waals surface area contributed by atoms with Crippen LogP contribution < -0.4 is 5.32 Å². The lowest BCUT2D eigenvalue weighted by Crippen LogP contribution is -1.94. The van der Waals surface area contributed by atoms with E-state index in [4.69, 9.17) is 0 Å². The Labute approximate surface area is 116 Å². The molecular formula is C13H17N3S2. The summed E-state index contributed by atoms with van der Waals surface area (Å²) >= 11 is 3.38. The molecule has 1 aromatic heterocycles. The van der Waals surface area contributed by atoms with Crippen molar-refractivity contribution in [1.82, 2.24) is 10.2 Å². The van der Waals surface area contributed by atoms with Crippen molar-refractivity contribution in [2.24, 2.45) is 0 Å². The second kappa shape index (κ2) is 6.20. The molecule has 96 valence electrons. The zero-order chi connectivity index (χ0) is 13.0. The van der Waals surface area contributed by atoms with E-state index in [1.54, 1.807) is 23.1 Å². The third-order valence-electron chi connectivity index (χ3n) is 2.68. The summed E-state index contributed by atoms with van der Waals surface area (Å²) in [7, 11) is 0. The van der Waals surface area contributed by atoms with Crippen LogP contribution in [0.2, 0.25) is 0 Å². The summed E-state index contributed by atoms with van der Waals surface area (Å²) < 4.78 is 1.03. The fraction of sp³-hybridized carbons (Fsp3) is 0.385. The van der Waals surface area contributed by atoms with Gasteiger partial charge in [-0.05, 0) is 37.5 Å². The van der Waals surface area contributed by atoms with Crippen molar-refractivity contribution in [2.45, 2.75) is 31.5 Å². The zero-order valence-corrected chi connectivity index (χ0v) is 12.5. The Morgan fingerprint density at radius 2 is 2.11 bits per heavy atom. The monoisotopic (exact) mass is 279 g/mol. The second-order valence-electron chi connectivity index (χ2n) is 4.09. The van der Waals surface area contributed by atoms with Crippen LogP contribution in [0.25, 0.3) is 0 Å². The summed E-state index contributed by atoms with van der Waals surface area (Å²) in [4.78, 5) is 0. The van der Waals surface area contributed by atoms with E-state index >= 15 is 0 Å². The molecular weight excluding hydrogens is 262 g/mol. The first-order valence-corrected chi connectivity index (χ1v) is 7.80. The first kappa shape index (κ1) is 13.4. The maximum atomic E-state index is 4.17. The minimum atomic E-state index is 0.863. The van der Waals surface area contributed by atoms with E-state index in [0.717, 1.165) is 27.3 Å². The zero-order valence-electron chi connectivity index (χ0n) is 10.9. The number of hydrogen-bond acceptors (Lipinski definition) is 5. The number of thioether (sulfide) groups is 1. The fourth-order valence-electron chi connectivity index (χ4n) is 1.51. The van der Waals surface area contributed by atoms with Crippen LogP contribution in [0.4, 0.5) is 10.8 Å². The molecule has 18 heavy (non-hydrogen) atoms. The molecule has 3 nitrogen and oxygen atoms in total. The molecule has 2 rings (SSSR count). The Kier molecular flexibility index (Phi) is 4.60. The number of nitrogens with one attached hydrogen (secondary N) is 1. The number of aromatic nitrogens is 2. The Hall–Kier alpha value is -1.07. The van der Waals surface area contributed by atoms with Crippen molar-refractivity contribution in [3.05, 3.63) is 29.3 Å². The SMILES string of the molecule is CCCSc1nnc(Nc2cccc(C)c2C)s1. The van der Waals surface area contributed by atoms with Crippen molar-refractivity contribution in [2.75, 3.05) is 11.1 Å². The van der Waals surface area contributed by atoms with Crippen LogP contribution in [0.15, 0.2) is 22.5 Å². The van der Waals surface area contributed by atoms with Crippen molar-refractivity contribution < 1.29 is 0 Å². The molecule has 0 unspecified atom stereocenters. The highest BCUT2D eigenvalue weighted by Gasteiger charge is 2.06. The smallest absolute Gasteiger partial charge is 0.210 e. The molecule has 0 saturated carbocycles. The van der Waals surface area contributed by atoms with Gasteiger partial charge in [0.2, 0.25) is 5.13 Å². The van der Waals surface area contributed by atoms with Gasteiger partial charge in [-0.3, -0.25) is 0 Å². The molecule has 5 heteroatoms. The molecule has 0 bridgehead atoms. The maximum Gasteiger partial charge on any atom is 0.210 e. The number of hydrogen-bond donors (Lipinski definition) is 1. The van der Waals surface area contributed by atoms with Crippen LogP contribution >= 0.6 is 23.1 Å². The molecule has 2 aromatic rings. The summed E-state index contributed by atoms with van der Waals surface area (Å²) in [6, 6.07) is 6.24. The van der Waals surface area contributed by atoms with Gasteiger partial charge in [-0.1, -0.05) is 42.2 Å². The molecule has 0 amide bonds. The van der Waals surface area contributed by atoms with Gasteiger partial charge in [-0.15, -0.1) is 10.2 Å². The topological polar surface area (TPSA) is 37.8 Å². The van der Waals surface area contributed by atoms with Gasteiger partial charge in [0.1, 0.15) is 0 Å². The van der Waals surface area contributed by atoms with Gasteiger partial charge >= 0.3 is 0 Å². The van der Waals surface area contributed by atoms with E-state index in [9.17, 15) is 0 Å². The van der Waals surface area contributed by atoms with E-state index in [2.05, 4.69) is 54.5 Å². The molecule has 0 saturated heterocycles. The van der Waals surface area contributed by atoms with Crippen LogP contribution in [0, 0.1) is 13.8 Å². The molecule has 0 spiro atoms. The normalized spacial score (nSPS) is 10.6. The molecule has 1 N–H and O–H groups in total. The second-order valence-corrected chi connectivity index (χ2v) is 6.41. The molecule has 1 aromatic carbocycles. The predicted molar refractivity (Wildman–Crippen MR) is 80.1 cm³/mol. The largest absolute Gasteiger partial charge is 0.330 e. The summed E-state index contributed by atoms with van der Waals surface area (Å²) in [6.07, 6.45) is 1.16. The Morgan fingerprint density at radius 1 is 1.28 bits per heavy atom. The molecule has 0 fully saturated rings. The highest BCUT2D eigenvalue weighted by atomic mass is 32.2. The molecule has 0 aliphatic carbocycles. The first-order valence-electron chi connectivity index (χ1n) is 6.00. The van der Waals surface area contributed by atoms with Crippen molar-refractivity contribution in [3.63, 3.8) is 0 Å². The summed E-state index contributed by atoms with van der Waals surface area (Å²) in [6.45, 7) is 6.40. The number of benzene rings is 1. The Morgan fingerprint density at radius 3 is 2.89 bits per heavy atom. The maximum absolute atomic E-state index is 4.17. The van der Waals surface area contributed by atoms with Gasteiger partial charge in [-0.2, -0.15) is 0 Å². The third-order valence-corrected chi connectivity index (χ3v) is 4.86. The number of aryl methyl sites for hydroxylation is 1.